The van der Waals surface area contributed by atoms with Crippen LogP contribution >= 0.6 is 54.6 Å². The van der Waals surface area contributed by atoms with E-state index >= 15 is 0 Å². The maximum atomic E-state index is 5.37. The molecular formula is C3H7Cl2OPS2. The summed E-state index contributed by atoms with van der Waals surface area (Å²) in [6.45, 7) is -1.30. The summed E-state index contributed by atoms with van der Waals surface area (Å²) in [6.07, 6.45) is -0.0298. The van der Waals surface area contributed by atoms with E-state index in [2.05, 4.69) is 25.3 Å². The molecule has 0 aliphatic rings. The first-order chi connectivity index (χ1) is 4.20. The molecule has 0 aliphatic carbocycles. The SMILES string of the molecule is SCC(CS)OP(Cl)Cl. The van der Waals surface area contributed by atoms with Crippen molar-refractivity contribution < 1.29 is 4.52 Å². The molecule has 0 N–H and O–H groups in total. The van der Waals surface area contributed by atoms with E-state index in [1.54, 1.807) is 0 Å². The van der Waals surface area contributed by atoms with Gasteiger partial charge in [0.1, 0.15) is 0 Å². The minimum absolute atomic E-state index is 0.0298. The van der Waals surface area contributed by atoms with Crippen LogP contribution in [0.2, 0.25) is 0 Å². The van der Waals surface area contributed by atoms with Crippen LogP contribution in [0.3, 0.4) is 0 Å². The summed E-state index contributed by atoms with van der Waals surface area (Å²) in [6, 6.07) is 0. The van der Waals surface area contributed by atoms with Gasteiger partial charge in [0.15, 0.2) is 0 Å². The van der Waals surface area contributed by atoms with Gasteiger partial charge < -0.3 is 4.52 Å². The van der Waals surface area contributed by atoms with E-state index in [1.165, 1.54) is 0 Å². The van der Waals surface area contributed by atoms with E-state index in [1.807, 2.05) is 0 Å². The number of rotatable bonds is 4. The van der Waals surface area contributed by atoms with E-state index in [4.69, 9.17) is 27.0 Å². The van der Waals surface area contributed by atoms with Crippen molar-refractivity contribution in [3.8, 4) is 0 Å². The highest BCUT2D eigenvalue weighted by Crippen LogP contribution is 2.48. The summed E-state index contributed by atoms with van der Waals surface area (Å²) < 4.78 is 4.99. The molecule has 0 aromatic heterocycles. The van der Waals surface area contributed by atoms with Gasteiger partial charge in [0.05, 0.1) is 6.10 Å². The molecular weight excluding hydrogens is 218 g/mol. The lowest BCUT2D eigenvalue weighted by atomic mass is 10.5. The van der Waals surface area contributed by atoms with Crippen molar-refractivity contribution in [3.63, 3.8) is 0 Å². The van der Waals surface area contributed by atoms with Crippen LogP contribution < -0.4 is 0 Å². The fraction of sp³-hybridized carbons (Fsp3) is 1.00. The Kier molecular flexibility index (Phi) is 7.57. The molecule has 0 saturated heterocycles. The minimum Gasteiger partial charge on any atom is -0.327 e. The van der Waals surface area contributed by atoms with Crippen LogP contribution in [0.4, 0.5) is 0 Å². The van der Waals surface area contributed by atoms with E-state index in [-0.39, 0.29) is 6.10 Å². The summed E-state index contributed by atoms with van der Waals surface area (Å²) in [5, 5.41) is 0. The number of hydrogen-bond donors (Lipinski definition) is 2. The molecule has 0 rings (SSSR count). The second kappa shape index (κ2) is 6.38. The van der Waals surface area contributed by atoms with Crippen molar-refractivity contribution >= 4 is 54.6 Å². The minimum atomic E-state index is -1.30. The van der Waals surface area contributed by atoms with Gasteiger partial charge in [0.25, 0.3) is 0 Å². The van der Waals surface area contributed by atoms with E-state index < -0.39 is 6.85 Å². The van der Waals surface area contributed by atoms with Gasteiger partial charge >= 0.3 is 0 Å². The average Bonchev–Trinajstić information content (AvgIpc) is 1.82. The molecule has 9 heavy (non-hydrogen) atoms. The van der Waals surface area contributed by atoms with Gasteiger partial charge in [0.2, 0.25) is 6.85 Å². The van der Waals surface area contributed by atoms with Crippen LogP contribution in [0.25, 0.3) is 0 Å². The van der Waals surface area contributed by atoms with Crippen molar-refractivity contribution in [2.75, 3.05) is 11.5 Å². The molecule has 0 radical (unpaired) electrons. The third kappa shape index (κ3) is 6.08. The van der Waals surface area contributed by atoms with Crippen LogP contribution in [-0.2, 0) is 4.52 Å². The van der Waals surface area contributed by atoms with Gasteiger partial charge in [-0.1, -0.05) is 0 Å². The number of hydrogen-bond acceptors (Lipinski definition) is 3. The lowest BCUT2D eigenvalue weighted by Gasteiger charge is -2.11. The Hall–Kier alpha value is 1.67. The Morgan fingerprint density at radius 1 is 1.33 bits per heavy atom. The molecule has 0 aromatic rings. The van der Waals surface area contributed by atoms with Gasteiger partial charge in [-0.2, -0.15) is 25.3 Å². The highest BCUT2D eigenvalue weighted by Gasteiger charge is 2.08. The molecule has 0 amide bonds. The van der Waals surface area contributed by atoms with Gasteiger partial charge in [-0.05, 0) is 22.5 Å². The first kappa shape index (κ1) is 10.7. The summed E-state index contributed by atoms with van der Waals surface area (Å²) in [7, 11) is 0. The summed E-state index contributed by atoms with van der Waals surface area (Å²) in [4.78, 5) is 0. The van der Waals surface area contributed by atoms with E-state index in [0.717, 1.165) is 0 Å². The number of halogens is 2. The van der Waals surface area contributed by atoms with Crippen LogP contribution in [0.1, 0.15) is 0 Å². The predicted molar refractivity (Wildman–Crippen MR) is 51.2 cm³/mol. The second-order valence-electron chi connectivity index (χ2n) is 1.29. The maximum absolute atomic E-state index is 5.37. The molecule has 0 bridgehead atoms. The fourth-order valence-electron chi connectivity index (χ4n) is 0.237. The van der Waals surface area contributed by atoms with Crippen molar-refractivity contribution in [3.05, 3.63) is 0 Å². The quantitative estimate of drug-likeness (QED) is 0.552. The fourth-order valence-corrected chi connectivity index (χ4v) is 2.13. The summed E-state index contributed by atoms with van der Waals surface area (Å²) in [5.74, 6) is 1.20. The summed E-state index contributed by atoms with van der Waals surface area (Å²) in [5.41, 5.74) is 0. The topological polar surface area (TPSA) is 9.23 Å². The highest BCUT2D eigenvalue weighted by molar-refractivity contribution is 8.00. The largest absolute Gasteiger partial charge is 0.327 e. The highest BCUT2D eigenvalue weighted by atomic mass is 35.9. The monoisotopic (exact) mass is 224 g/mol. The second-order valence-corrected chi connectivity index (χ2v) is 5.00. The molecule has 1 nitrogen and oxygen atoms in total. The molecule has 0 spiro atoms. The van der Waals surface area contributed by atoms with Crippen molar-refractivity contribution in [1.82, 2.24) is 0 Å². The molecule has 0 unspecified atom stereocenters. The normalized spacial score (nSPS) is 11.3. The number of thiol groups is 2. The molecule has 0 atom stereocenters. The molecule has 0 aliphatic heterocycles. The Morgan fingerprint density at radius 3 is 1.89 bits per heavy atom. The maximum Gasteiger partial charge on any atom is 0.225 e. The van der Waals surface area contributed by atoms with Gasteiger partial charge in [0, 0.05) is 11.5 Å². The zero-order valence-electron chi connectivity index (χ0n) is 4.50. The molecule has 0 fully saturated rings. The predicted octanol–water partition coefficient (Wildman–Crippen LogP) is 2.94. The zero-order chi connectivity index (χ0) is 7.28. The Bertz CT molecular complexity index is 70.8. The summed E-state index contributed by atoms with van der Waals surface area (Å²) >= 11 is 18.7. The van der Waals surface area contributed by atoms with Crippen molar-refractivity contribution in [1.29, 1.82) is 0 Å². The lowest BCUT2D eigenvalue weighted by Crippen LogP contribution is -2.12. The van der Waals surface area contributed by atoms with Crippen LogP contribution in [0.5, 0.6) is 0 Å². The third-order valence-electron chi connectivity index (χ3n) is 0.636. The van der Waals surface area contributed by atoms with Gasteiger partial charge in [-0.3, -0.25) is 0 Å². The molecule has 56 valence electrons. The van der Waals surface area contributed by atoms with Gasteiger partial charge in [-0.25, -0.2) is 0 Å². The Labute approximate surface area is 76.7 Å². The Balaban J connectivity index is 3.31. The third-order valence-corrected chi connectivity index (χ3v) is 2.39. The van der Waals surface area contributed by atoms with Crippen molar-refractivity contribution in [2.45, 2.75) is 6.10 Å². The van der Waals surface area contributed by atoms with Crippen molar-refractivity contribution in [2.24, 2.45) is 0 Å². The van der Waals surface area contributed by atoms with Crippen LogP contribution in [-0.4, -0.2) is 17.6 Å². The van der Waals surface area contributed by atoms with E-state index in [0.29, 0.717) is 11.5 Å². The Morgan fingerprint density at radius 2 is 1.78 bits per heavy atom. The molecule has 0 aromatic carbocycles. The first-order valence-corrected chi connectivity index (χ1v) is 6.54. The zero-order valence-corrected chi connectivity index (χ0v) is 8.69. The van der Waals surface area contributed by atoms with Crippen LogP contribution in [0.15, 0.2) is 0 Å². The van der Waals surface area contributed by atoms with E-state index in [9.17, 15) is 0 Å². The average molecular weight is 225 g/mol. The van der Waals surface area contributed by atoms with Gasteiger partial charge in [-0.15, -0.1) is 0 Å². The molecule has 0 saturated carbocycles. The van der Waals surface area contributed by atoms with Crippen LogP contribution in [0, 0.1) is 0 Å². The first-order valence-electron chi connectivity index (χ1n) is 2.21. The molecule has 0 heterocycles. The standard InChI is InChI=1S/C3H7Cl2OPS2/c4-7(5)6-3(1-8)2-9/h3,8-9H,1-2H2. The smallest absolute Gasteiger partial charge is 0.225 e. The molecule has 6 heteroatoms. The lowest BCUT2D eigenvalue weighted by molar-refractivity contribution is 0.293.